The van der Waals surface area contributed by atoms with Gasteiger partial charge in [-0.1, -0.05) is 23.8 Å². The van der Waals surface area contributed by atoms with Crippen LogP contribution in [0, 0.1) is 26.7 Å². The maximum Gasteiger partial charge on any atom is 0.311 e. The molecular formula is C23H26N2O4S. The third kappa shape index (κ3) is 5.02. The second-order valence-electron chi connectivity index (χ2n) is 7.54. The molecule has 2 aromatic rings. The van der Waals surface area contributed by atoms with Crippen LogP contribution >= 0.6 is 11.8 Å². The van der Waals surface area contributed by atoms with Gasteiger partial charge in [0.25, 0.3) is 5.91 Å². The van der Waals surface area contributed by atoms with Crippen molar-refractivity contribution in [3.8, 4) is 0 Å². The molecule has 1 fully saturated rings. The summed E-state index contributed by atoms with van der Waals surface area (Å²) in [5.41, 5.74) is 4.53. The van der Waals surface area contributed by atoms with Crippen LogP contribution in [-0.2, 0) is 19.1 Å². The van der Waals surface area contributed by atoms with E-state index in [2.05, 4.69) is 5.32 Å². The minimum Gasteiger partial charge on any atom is -0.455 e. The molecule has 6 nitrogen and oxygen atoms in total. The Labute approximate surface area is 181 Å². The Morgan fingerprint density at radius 3 is 2.53 bits per heavy atom. The summed E-state index contributed by atoms with van der Waals surface area (Å²) in [5, 5.41) is 2.81. The smallest absolute Gasteiger partial charge is 0.311 e. The minimum atomic E-state index is -0.578. The van der Waals surface area contributed by atoms with E-state index in [1.165, 1.54) is 0 Å². The fourth-order valence-corrected chi connectivity index (χ4v) is 4.15. The van der Waals surface area contributed by atoms with Crippen molar-refractivity contribution in [2.24, 2.45) is 5.92 Å². The fraction of sp³-hybridized carbons (Fsp3) is 0.348. The van der Waals surface area contributed by atoms with E-state index in [4.69, 9.17) is 4.74 Å². The number of amides is 2. The lowest BCUT2D eigenvalue weighted by Gasteiger charge is -2.17. The van der Waals surface area contributed by atoms with Crippen LogP contribution in [0.4, 0.5) is 11.4 Å². The Bertz CT molecular complexity index is 966. The number of nitrogens with zero attached hydrogens (tertiary/aromatic N) is 1. The molecular weight excluding hydrogens is 400 g/mol. The molecule has 2 aromatic carbocycles. The Morgan fingerprint density at radius 1 is 1.17 bits per heavy atom. The molecule has 0 aromatic heterocycles. The fourth-order valence-electron chi connectivity index (χ4n) is 3.70. The second-order valence-corrected chi connectivity index (χ2v) is 8.42. The molecule has 0 radical (unpaired) electrons. The number of esters is 1. The molecule has 0 bridgehead atoms. The number of aryl methyl sites for hydroxylation is 3. The lowest BCUT2D eigenvalue weighted by Crippen LogP contribution is -2.28. The molecule has 30 heavy (non-hydrogen) atoms. The molecule has 1 heterocycles. The number of rotatable bonds is 6. The molecule has 3 rings (SSSR count). The summed E-state index contributed by atoms with van der Waals surface area (Å²) in [6, 6.07) is 11.6. The van der Waals surface area contributed by atoms with E-state index in [9.17, 15) is 14.4 Å². The molecule has 2 amide bonds. The summed E-state index contributed by atoms with van der Waals surface area (Å²) >= 11 is 1.59. The van der Waals surface area contributed by atoms with Crippen molar-refractivity contribution in [1.29, 1.82) is 0 Å². The molecule has 0 aliphatic carbocycles. The molecule has 158 valence electrons. The Kier molecular flexibility index (Phi) is 6.82. The summed E-state index contributed by atoms with van der Waals surface area (Å²) in [6.45, 7) is 5.72. The number of carbonyl (C=O) groups excluding carboxylic acids is 3. The van der Waals surface area contributed by atoms with Gasteiger partial charge in [0.1, 0.15) is 0 Å². The second kappa shape index (κ2) is 9.34. The standard InChI is InChI=1S/C23H26N2O4S/c1-14-8-15(2)22(16(3)9-14)24-20(26)13-29-23(28)17-10-21(27)25(12-17)18-6-5-7-19(11-18)30-4/h5-9,11,17H,10,12-13H2,1-4H3,(H,24,26). The molecule has 1 aliphatic heterocycles. The Balaban J connectivity index is 1.56. The lowest BCUT2D eigenvalue weighted by atomic mass is 10.1. The van der Waals surface area contributed by atoms with Crippen molar-refractivity contribution in [3.63, 3.8) is 0 Å². The topological polar surface area (TPSA) is 75.7 Å². The van der Waals surface area contributed by atoms with E-state index in [0.29, 0.717) is 0 Å². The summed E-state index contributed by atoms with van der Waals surface area (Å²) < 4.78 is 5.21. The first-order chi connectivity index (χ1) is 14.3. The van der Waals surface area contributed by atoms with Crippen LogP contribution in [0.1, 0.15) is 23.1 Å². The van der Waals surface area contributed by atoms with Crippen molar-refractivity contribution >= 4 is 40.9 Å². The molecule has 1 saturated heterocycles. The number of thioether (sulfide) groups is 1. The highest BCUT2D eigenvalue weighted by atomic mass is 32.2. The van der Waals surface area contributed by atoms with E-state index in [1.807, 2.05) is 63.4 Å². The van der Waals surface area contributed by atoms with Crippen molar-refractivity contribution in [3.05, 3.63) is 53.1 Å². The average molecular weight is 427 g/mol. The van der Waals surface area contributed by atoms with Crippen LogP contribution in [-0.4, -0.2) is 37.2 Å². The van der Waals surface area contributed by atoms with Crippen LogP contribution < -0.4 is 10.2 Å². The summed E-state index contributed by atoms with van der Waals surface area (Å²) in [5.74, 6) is -1.62. The van der Waals surface area contributed by atoms with Gasteiger partial charge >= 0.3 is 5.97 Å². The molecule has 1 atom stereocenters. The van der Waals surface area contributed by atoms with Crippen LogP contribution in [0.5, 0.6) is 0 Å². The predicted octanol–water partition coefficient (Wildman–Crippen LogP) is 3.87. The monoisotopic (exact) mass is 426 g/mol. The number of ether oxygens (including phenoxy) is 1. The van der Waals surface area contributed by atoms with E-state index in [-0.39, 0.29) is 25.5 Å². The highest BCUT2D eigenvalue weighted by Gasteiger charge is 2.36. The quantitative estimate of drug-likeness (QED) is 0.561. The number of hydrogen-bond donors (Lipinski definition) is 1. The van der Waals surface area contributed by atoms with Gasteiger partial charge < -0.3 is 15.0 Å². The normalized spacial score (nSPS) is 15.9. The first-order valence-electron chi connectivity index (χ1n) is 9.77. The minimum absolute atomic E-state index is 0.0835. The van der Waals surface area contributed by atoms with Crippen LogP contribution in [0.3, 0.4) is 0 Å². The highest BCUT2D eigenvalue weighted by molar-refractivity contribution is 7.98. The number of benzene rings is 2. The van der Waals surface area contributed by atoms with Gasteiger partial charge in [-0.2, -0.15) is 0 Å². The van der Waals surface area contributed by atoms with E-state index in [0.717, 1.165) is 33.0 Å². The molecule has 0 spiro atoms. The maximum absolute atomic E-state index is 12.4. The lowest BCUT2D eigenvalue weighted by molar-refractivity contribution is -0.151. The van der Waals surface area contributed by atoms with Gasteiger partial charge in [0.15, 0.2) is 6.61 Å². The zero-order chi connectivity index (χ0) is 21.8. The predicted molar refractivity (Wildman–Crippen MR) is 119 cm³/mol. The zero-order valence-electron chi connectivity index (χ0n) is 17.7. The zero-order valence-corrected chi connectivity index (χ0v) is 18.5. The Morgan fingerprint density at radius 2 is 1.87 bits per heavy atom. The van der Waals surface area contributed by atoms with Gasteiger partial charge in [-0.3, -0.25) is 14.4 Å². The summed E-state index contributed by atoms with van der Waals surface area (Å²) in [4.78, 5) is 39.8. The summed E-state index contributed by atoms with van der Waals surface area (Å²) in [7, 11) is 0. The van der Waals surface area contributed by atoms with Gasteiger partial charge in [-0.25, -0.2) is 0 Å². The third-order valence-corrected chi connectivity index (χ3v) is 5.84. The number of hydrogen-bond acceptors (Lipinski definition) is 5. The van der Waals surface area contributed by atoms with Crippen LogP contribution in [0.2, 0.25) is 0 Å². The SMILES string of the molecule is CSc1cccc(N2CC(C(=O)OCC(=O)Nc3c(C)cc(C)cc3C)CC2=O)c1. The highest BCUT2D eigenvalue weighted by Crippen LogP contribution is 2.29. The summed E-state index contributed by atoms with van der Waals surface area (Å²) in [6.07, 6.45) is 2.05. The van der Waals surface area contributed by atoms with E-state index >= 15 is 0 Å². The van der Waals surface area contributed by atoms with Crippen molar-refractivity contribution in [1.82, 2.24) is 0 Å². The first-order valence-corrected chi connectivity index (χ1v) is 11.0. The molecule has 1 unspecified atom stereocenters. The molecule has 1 N–H and O–H groups in total. The number of anilines is 2. The largest absolute Gasteiger partial charge is 0.455 e. The van der Waals surface area contributed by atoms with Crippen molar-refractivity contribution in [2.75, 3.05) is 29.6 Å². The van der Waals surface area contributed by atoms with E-state index < -0.39 is 17.8 Å². The van der Waals surface area contributed by atoms with Gasteiger partial charge in [0.05, 0.1) is 5.92 Å². The Hall–Kier alpha value is -2.80. The van der Waals surface area contributed by atoms with Gasteiger partial charge in [-0.15, -0.1) is 11.8 Å². The number of carbonyl (C=O) groups is 3. The van der Waals surface area contributed by atoms with Crippen molar-refractivity contribution < 1.29 is 19.1 Å². The van der Waals surface area contributed by atoms with Crippen LogP contribution in [0.15, 0.2) is 41.3 Å². The third-order valence-electron chi connectivity index (χ3n) is 5.11. The van der Waals surface area contributed by atoms with Gasteiger partial charge in [-0.05, 0) is 56.4 Å². The average Bonchev–Trinajstić information content (AvgIpc) is 3.10. The first kappa shape index (κ1) is 21.9. The molecule has 1 aliphatic rings. The van der Waals surface area contributed by atoms with Gasteiger partial charge in [0, 0.05) is 29.2 Å². The molecule has 7 heteroatoms. The maximum atomic E-state index is 12.4. The van der Waals surface area contributed by atoms with Crippen molar-refractivity contribution in [2.45, 2.75) is 32.1 Å². The van der Waals surface area contributed by atoms with Gasteiger partial charge in [0.2, 0.25) is 5.91 Å². The van der Waals surface area contributed by atoms with Crippen LogP contribution in [0.25, 0.3) is 0 Å². The van der Waals surface area contributed by atoms with E-state index in [1.54, 1.807) is 16.7 Å². The number of nitrogens with one attached hydrogen (secondary N) is 1. The molecule has 0 saturated carbocycles.